The lowest BCUT2D eigenvalue weighted by Crippen LogP contribution is -2.40. The fraction of sp³-hybridized carbons (Fsp3) is 0.280. The lowest BCUT2D eigenvalue weighted by Gasteiger charge is -2.33. The third kappa shape index (κ3) is 3.90. The van der Waals surface area contributed by atoms with Crippen molar-refractivity contribution < 1.29 is 13.2 Å². The Morgan fingerprint density at radius 1 is 1.03 bits per heavy atom. The molecule has 36 heavy (non-hydrogen) atoms. The highest BCUT2D eigenvalue weighted by atomic mass is 19.3. The standard InChI is InChI=1S/C25H23F3N8/c1-34-22-18(21(33-34)15-5-4-6-16(26)13-15)14-29-24(32-22)30-17-9-11-35(12-10-17)25-31-19-7-2-3-8-20(19)36(25)23(27)28/h2-8,13-14,17,23H,9-12H2,1H3,(H,29,30,32). The van der Waals surface area contributed by atoms with Gasteiger partial charge in [0.25, 0.3) is 0 Å². The summed E-state index contributed by atoms with van der Waals surface area (Å²) in [5.74, 6) is 0.428. The van der Waals surface area contributed by atoms with Gasteiger partial charge in [-0.15, -0.1) is 0 Å². The van der Waals surface area contributed by atoms with Crippen molar-refractivity contribution in [3.8, 4) is 11.3 Å². The van der Waals surface area contributed by atoms with Gasteiger partial charge in [0.15, 0.2) is 5.65 Å². The molecule has 2 aromatic carbocycles. The molecule has 184 valence electrons. The molecule has 3 aromatic heterocycles. The van der Waals surface area contributed by atoms with Crippen molar-refractivity contribution in [1.82, 2.24) is 29.3 Å². The summed E-state index contributed by atoms with van der Waals surface area (Å²) in [6, 6.07) is 13.3. The average Bonchev–Trinajstić information content (AvgIpc) is 3.43. The quantitative estimate of drug-likeness (QED) is 0.372. The highest BCUT2D eigenvalue weighted by Crippen LogP contribution is 2.31. The number of aromatic nitrogens is 6. The Labute approximate surface area is 204 Å². The van der Waals surface area contributed by atoms with Crippen molar-refractivity contribution in [3.05, 3.63) is 60.5 Å². The van der Waals surface area contributed by atoms with Gasteiger partial charge in [-0.1, -0.05) is 24.3 Å². The highest BCUT2D eigenvalue weighted by Gasteiger charge is 2.27. The highest BCUT2D eigenvalue weighted by molar-refractivity contribution is 5.91. The molecule has 0 unspecified atom stereocenters. The van der Waals surface area contributed by atoms with Crippen LogP contribution in [0.3, 0.4) is 0 Å². The number of para-hydroxylation sites is 2. The maximum Gasteiger partial charge on any atom is 0.321 e. The van der Waals surface area contributed by atoms with Gasteiger partial charge < -0.3 is 10.2 Å². The van der Waals surface area contributed by atoms with E-state index in [2.05, 4.69) is 25.4 Å². The van der Waals surface area contributed by atoms with E-state index in [1.807, 2.05) is 4.90 Å². The maximum atomic E-state index is 13.8. The number of hydrogen-bond donors (Lipinski definition) is 1. The van der Waals surface area contributed by atoms with Crippen molar-refractivity contribution in [3.63, 3.8) is 0 Å². The van der Waals surface area contributed by atoms with Gasteiger partial charge in [-0.3, -0.25) is 4.57 Å². The molecular formula is C25H23F3N8. The van der Waals surface area contributed by atoms with Crippen LogP contribution in [0.2, 0.25) is 0 Å². The van der Waals surface area contributed by atoms with Gasteiger partial charge in [0.1, 0.15) is 11.5 Å². The van der Waals surface area contributed by atoms with Crippen LogP contribution in [0.1, 0.15) is 19.4 Å². The van der Waals surface area contributed by atoms with E-state index in [-0.39, 0.29) is 11.9 Å². The molecule has 8 nitrogen and oxygen atoms in total. The van der Waals surface area contributed by atoms with E-state index >= 15 is 0 Å². The summed E-state index contributed by atoms with van der Waals surface area (Å²) >= 11 is 0. The molecule has 1 aliphatic heterocycles. The zero-order valence-corrected chi connectivity index (χ0v) is 19.4. The minimum atomic E-state index is -2.67. The lowest BCUT2D eigenvalue weighted by molar-refractivity contribution is 0.0757. The molecule has 5 aromatic rings. The van der Waals surface area contributed by atoms with Crippen LogP contribution >= 0.6 is 0 Å². The van der Waals surface area contributed by atoms with Crippen molar-refractivity contribution in [2.24, 2.45) is 7.05 Å². The number of anilines is 2. The van der Waals surface area contributed by atoms with E-state index in [4.69, 9.17) is 0 Å². The first kappa shape index (κ1) is 22.3. The second-order valence-electron chi connectivity index (χ2n) is 8.87. The summed E-state index contributed by atoms with van der Waals surface area (Å²) in [5, 5.41) is 8.62. The molecule has 0 spiro atoms. The average molecular weight is 493 g/mol. The van der Waals surface area contributed by atoms with E-state index in [9.17, 15) is 13.2 Å². The number of piperidine rings is 1. The number of fused-ring (bicyclic) bond motifs is 2. The molecule has 0 bridgehead atoms. The Morgan fingerprint density at radius 3 is 2.61 bits per heavy atom. The van der Waals surface area contributed by atoms with Crippen molar-refractivity contribution >= 4 is 34.0 Å². The Balaban J connectivity index is 1.19. The first-order valence-corrected chi connectivity index (χ1v) is 11.7. The summed E-state index contributed by atoms with van der Waals surface area (Å²) in [7, 11) is 1.79. The summed E-state index contributed by atoms with van der Waals surface area (Å²) in [5.41, 5.74) is 2.90. The van der Waals surface area contributed by atoms with Crippen LogP contribution in [0.15, 0.2) is 54.7 Å². The second kappa shape index (κ2) is 8.81. The molecule has 4 heterocycles. The molecule has 11 heteroatoms. The van der Waals surface area contributed by atoms with Crippen LogP contribution in [0.4, 0.5) is 25.1 Å². The molecule has 0 amide bonds. The lowest BCUT2D eigenvalue weighted by atomic mass is 10.1. The number of hydrogen-bond acceptors (Lipinski definition) is 6. The van der Waals surface area contributed by atoms with E-state index in [1.165, 1.54) is 12.1 Å². The number of rotatable bonds is 5. The monoisotopic (exact) mass is 492 g/mol. The molecule has 0 saturated carbocycles. The fourth-order valence-electron chi connectivity index (χ4n) is 4.81. The van der Waals surface area contributed by atoms with E-state index in [0.717, 1.165) is 9.95 Å². The molecule has 1 fully saturated rings. The Morgan fingerprint density at radius 2 is 1.83 bits per heavy atom. The number of aryl methyl sites for hydroxylation is 1. The van der Waals surface area contributed by atoms with Crippen molar-refractivity contribution in [1.29, 1.82) is 0 Å². The molecule has 1 aliphatic rings. The number of nitrogens with one attached hydrogen (secondary N) is 1. The summed E-state index contributed by atoms with van der Waals surface area (Å²) < 4.78 is 44.0. The number of imidazole rings is 1. The van der Waals surface area contributed by atoms with Gasteiger partial charge in [-0.2, -0.15) is 18.9 Å². The van der Waals surface area contributed by atoms with E-state index in [0.29, 0.717) is 65.8 Å². The van der Waals surface area contributed by atoms with Gasteiger partial charge in [0, 0.05) is 37.9 Å². The van der Waals surface area contributed by atoms with Crippen LogP contribution in [-0.4, -0.2) is 48.4 Å². The van der Waals surface area contributed by atoms with Gasteiger partial charge in [-0.05, 0) is 37.1 Å². The van der Waals surface area contributed by atoms with E-state index < -0.39 is 6.55 Å². The largest absolute Gasteiger partial charge is 0.351 e. The Bertz CT molecular complexity index is 1550. The predicted octanol–water partition coefficient (Wildman–Crippen LogP) is 5.00. The minimum Gasteiger partial charge on any atom is -0.351 e. The Kier molecular flexibility index (Phi) is 5.46. The first-order chi connectivity index (χ1) is 17.5. The molecule has 0 radical (unpaired) electrons. The zero-order valence-electron chi connectivity index (χ0n) is 19.4. The Hall–Kier alpha value is -4.15. The summed E-state index contributed by atoms with van der Waals surface area (Å²) in [6.45, 7) is -1.52. The third-order valence-corrected chi connectivity index (χ3v) is 6.56. The maximum absolute atomic E-state index is 13.8. The smallest absolute Gasteiger partial charge is 0.321 e. The fourth-order valence-corrected chi connectivity index (χ4v) is 4.81. The third-order valence-electron chi connectivity index (χ3n) is 6.56. The molecule has 6 rings (SSSR count). The van der Waals surface area contributed by atoms with E-state index in [1.54, 1.807) is 54.3 Å². The molecule has 1 saturated heterocycles. The van der Waals surface area contributed by atoms with Crippen molar-refractivity contribution in [2.75, 3.05) is 23.3 Å². The topological polar surface area (TPSA) is 76.7 Å². The number of alkyl halides is 2. The normalized spacial score (nSPS) is 14.9. The molecular weight excluding hydrogens is 469 g/mol. The predicted molar refractivity (Wildman–Crippen MR) is 132 cm³/mol. The van der Waals surface area contributed by atoms with Crippen molar-refractivity contribution in [2.45, 2.75) is 25.4 Å². The van der Waals surface area contributed by atoms with Gasteiger partial charge in [0.2, 0.25) is 11.9 Å². The summed E-state index contributed by atoms with van der Waals surface area (Å²) in [4.78, 5) is 15.5. The SMILES string of the molecule is Cn1nc(-c2cccc(F)c2)c2cnc(NC3CCN(c4nc5ccccc5n4C(F)F)CC3)nc21. The van der Waals surface area contributed by atoms with Gasteiger partial charge in [0.05, 0.1) is 16.4 Å². The van der Waals surface area contributed by atoms with Crippen LogP contribution in [0, 0.1) is 5.82 Å². The summed E-state index contributed by atoms with van der Waals surface area (Å²) in [6.07, 6.45) is 3.12. The van der Waals surface area contributed by atoms with Crippen LogP contribution in [0.5, 0.6) is 0 Å². The number of halogens is 3. The van der Waals surface area contributed by atoms with Crippen LogP contribution < -0.4 is 10.2 Å². The van der Waals surface area contributed by atoms with Gasteiger partial charge >= 0.3 is 6.55 Å². The molecule has 0 aliphatic carbocycles. The van der Waals surface area contributed by atoms with Crippen LogP contribution in [0.25, 0.3) is 33.3 Å². The zero-order chi connectivity index (χ0) is 24.8. The number of nitrogens with zero attached hydrogens (tertiary/aromatic N) is 7. The van der Waals surface area contributed by atoms with Gasteiger partial charge in [-0.25, -0.2) is 19.0 Å². The first-order valence-electron chi connectivity index (χ1n) is 11.7. The molecule has 0 atom stereocenters. The van der Waals surface area contributed by atoms with Crippen LogP contribution in [-0.2, 0) is 7.05 Å². The molecule has 1 N–H and O–H groups in total. The second-order valence-corrected chi connectivity index (χ2v) is 8.87. The number of benzene rings is 2. The minimum absolute atomic E-state index is 0.0824.